The summed E-state index contributed by atoms with van der Waals surface area (Å²) in [7, 11) is 1.27. The van der Waals surface area contributed by atoms with E-state index in [-0.39, 0.29) is 31.8 Å². The summed E-state index contributed by atoms with van der Waals surface area (Å²) >= 11 is 1.45. The summed E-state index contributed by atoms with van der Waals surface area (Å²) in [5.41, 5.74) is 1.03. The number of nitrogens with zero attached hydrogens (tertiary/aromatic N) is 3. The number of ether oxygens (including phenoxy) is 1. The fourth-order valence-corrected chi connectivity index (χ4v) is 3.33. The summed E-state index contributed by atoms with van der Waals surface area (Å²) in [5, 5.41) is 1.89. The van der Waals surface area contributed by atoms with Gasteiger partial charge in [-0.05, 0) is 17.7 Å². The van der Waals surface area contributed by atoms with E-state index in [9.17, 15) is 18.4 Å². The summed E-state index contributed by atoms with van der Waals surface area (Å²) in [6.45, 7) is 0.155. The minimum atomic E-state index is -0.984. The van der Waals surface area contributed by atoms with Crippen LogP contribution in [-0.2, 0) is 27.3 Å². The van der Waals surface area contributed by atoms with Crippen molar-refractivity contribution in [2.24, 2.45) is 0 Å². The number of hydrogen-bond acceptors (Lipinski definition) is 5. The lowest BCUT2D eigenvalue weighted by molar-refractivity contribution is -0.141. The highest BCUT2D eigenvalue weighted by Gasteiger charge is 2.18. The van der Waals surface area contributed by atoms with E-state index in [1.54, 1.807) is 6.20 Å². The fourth-order valence-electron chi connectivity index (χ4n) is 2.61. The van der Waals surface area contributed by atoms with Crippen molar-refractivity contribution in [2.75, 3.05) is 13.7 Å². The van der Waals surface area contributed by atoms with Crippen molar-refractivity contribution in [3.8, 4) is 0 Å². The molecule has 142 valence electrons. The van der Waals surface area contributed by atoms with Crippen LogP contribution in [0.5, 0.6) is 0 Å². The molecule has 0 bridgehead atoms. The van der Waals surface area contributed by atoms with Gasteiger partial charge in [-0.2, -0.15) is 0 Å². The van der Waals surface area contributed by atoms with Gasteiger partial charge in [-0.3, -0.25) is 14.0 Å². The van der Waals surface area contributed by atoms with Crippen LogP contribution in [0.15, 0.2) is 36.0 Å². The minimum absolute atomic E-state index is 0.00416. The van der Waals surface area contributed by atoms with Crippen molar-refractivity contribution in [2.45, 2.75) is 19.4 Å². The van der Waals surface area contributed by atoms with E-state index in [0.717, 1.165) is 17.1 Å². The third-order valence-electron chi connectivity index (χ3n) is 4.00. The van der Waals surface area contributed by atoms with Gasteiger partial charge in [0.05, 0.1) is 25.6 Å². The van der Waals surface area contributed by atoms with Crippen LogP contribution >= 0.6 is 11.3 Å². The highest BCUT2D eigenvalue weighted by Crippen LogP contribution is 2.15. The third kappa shape index (κ3) is 4.68. The maximum absolute atomic E-state index is 13.5. The van der Waals surface area contributed by atoms with Crippen LogP contribution in [-0.4, -0.2) is 39.8 Å². The highest BCUT2D eigenvalue weighted by atomic mass is 32.1. The molecule has 0 aliphatic rings. The average Bonchev–Trinajstić information content (AvgIpc) is 3.22. The lowest BCUT2D eigenvalue weighted by atomic mass is 10.1. The molecular formula is C18H17F2N3O3S. The van der Waals surface area contributed by atoms with E-state index < -0.39 is 17.6 Å². The van der Waals surface area contributed by atoms with Crippen molar-refractivity contribution in [3.63, 3.8) is 0 Å². The van der Waals surface area contributed by atoms with E-state index in [0.29, 0.717) is 11.3 Å². The molecule has 0 unspecified atom stereocenters. The Morgan fingerprint density at radius 3 is 2.81 bits per heavy atom. The molecule has 0 spiro atoms. The van der Waals surface area contributed by atoms with E-state index in [2.05, 4.69) is 9.72 Å². The van der Waals surface area contributed by atoms with E-state index in [4.69, 9.17) is 0 Å². The molecule has 0 aliphatic heterocycles. The Kier molecular flexibility index (Phi) is 5.80. The molecular weight excluding hydrogens is 376 g/mol. The first-order valence-corrected chi connectivity index (χ1v) is 9.04. The van der Waals surface area contributed by atoms with Crippen LogP contribution in [0, 0.1) is 11.6 Å². The van der Waals surface area contributed by atoms with Gasteiger partial charge in [-0.1, -0.05) is 6.07 Å². The molecule has 2 aromatic heterocycles. The molecule has 3 aromatic rings. The zero-order valence-electron chi connectivity index (χ0n) is 14.5. The number of carbonyl (C=O) groups is 2. The molecule has 0 aliphatic carbocycles. The monoisotopic (exact) mass is 393 g/mol. The maximum atomic E-state index is 13.5. The first-order valence-electron chi connectivity index (χ1n) is 8.16. The van der Waals surface area contributed by atoms with Gasteiger partial charge in [-0.25, -0.2) is 13.8 Å². The van der Waals surface area contributed by atoms with Crippen LogP contribution in [0.2, 0.25) is 0 Å². The van der Waals surface area contributed by atoms with Crippen LogP contribution in [0.25, 0.3) is 4.96 Å². The zero-order valence-corrected chi connectivity index (χ0v) is 15.3. The van der Waals surface area contributed by atoms with E-state index in [1.807, 2.05) is 16.0 Å². The van der Waals surface area contributed by atoms with Crippen molar-refractivity contribution in [3.05, 3.63) is 58.9 Å². The maximum Gasteiger partial charge on any atom is 0.307 e. The molecule has 0 atom stereocenters. The molecule has 2 heterocycles. The van der Waals surface area contributed by atoms with Crippen LogP contribution in [0.3, 0.4) is 0 Å². The van der Waals surface area contributed by atoms with Gasteiger partial charge in [0.1, 0.15) is 0 Å². The number of hydrogen-bond donors (Lipinski definition) is 0. The third-order valence-corrected chi connectivity index (χ3v) is 4.77. The van der Waals surface area contributed by atoms with Crippen molar-refractivity contribution >= 4 is 28.2 Å². The molecule has 0 radical (unpaired) electrons. The van der Waals surface area contributed by atoms with Gasteiger partial charge in [0.25, 0.3) is 0 Å². The smallest absolute Gasteiger partial charge is 0.307 e. The standard InChI is InChI=1S/C18H17F2N3O3S/c1-26-17(25)4-5-22(10-12-2-3-14(19)15(20)8-12)16(24)9-13-11-23-6-7-27-18(23)21-13/h2-3,6-8,11H,4-5,9-10H2,1H3. The molecule has 0 saturated heterocycles. The number of esters is 1. The van der Waals surface area contributed by atoms with E-state index >= 15 is 0 Å². The fraction of sp³-hybridized carbons (Fsp3) is 0.278. The quantitative estimate of drug-likeness (QED) is 0.579. The second-order valence-corrected chi connectivity index (χ2v) is 6.76. The Balaban J connectivity index is 1.74. The first kappa shape index (κ1) is 19.0. The number of thiazole rings is 1. The number of benzene rings is 1. The minimum Gasteiger partial charge on any atom is -0.469 e. The molecule has 0 N–H and O–H groups in total. The normalized spacial score (nSPS) is 10.9. The molecule has 0 fully saturated rings. The van der Waals surface area contributed by atoms with Gasteiger partial charge in [0, 0.05) is 30.9 Å². The van der Waals surface area contributed by atoms with Gasteiger partial charge < -0.3 is 9.64 Å². The molecule has 6 nitrogen and oxygen atoms in total. The Labute approximate surface area is 158 Å². The number of aromatic nitrogens is 2. The predicted octanol–water partition coefficient (Wildman–Crippen LogP) is 2.81. The largest absolute Gasteiger partial charge is 0.469 e. The van der Waals surface area contributed by atoms with Crippen LogP contribution < -0.4 is 0 Å². The number of fused-ring (bicyclic) bond motifs is 1. The van der Waals surface area contributed by atoms with Crippen molar-refractivity contribution < 1.29 is 23.1 Å². The molecule has 27 heavy (non-hydrogen) atoms. The second-order valence-electron chi connectivity index (χ2n) is 5.89. The van der Waals surface area contributed by atoms with Gasteiger partial charge >= 0.3 is 5.97 Å². The highest BCUT2D eigenvalue weighted by molar-refractivity contribution is 7.15. The Morgan fingerprint density at radius 1 is 1.30 bits per heavy atom. The summed E-state index contributed by atoms with van der Waals surface area (Å²) in [5.74, 6) is -2.67. The average molecular weight is 393 g/mol. The van der Waals surface area contributed by atoms with Crippen molar-refractivity contribution in [1.29, 1.82) is 0 Å². The molecule has 0 saturated carbocycles. The van der Waals surface area contributed by atoms with Crippen LogP contribution in [0.4, 0.5) is 8.78 Å². The number of halogens is 2. The van der Waals surface area contributed by atoms with Crippen molar-refractivity contribution in [1.82, 2.24) is 14.3 Å². The predicted molar refractivity (Wildman–Crippen MR) is 95.2 cm³/mol. The number of carbonyl (C=O) groups excluding carboxylic acids is 2. The number of rotatable bonds is 7. The number of methoxy groups -OCH3 is 1. The lowest BCUT2D eigenvalue weighted by Crippen LogP contribution is -2.34. The summed E-state index contributed by atoms with van der Waals surface area (Å²) in [6.07, 6.45) is 3.65. The van der Waals surface area contributed by atoms with Gasteiger partial charge in [0.15, 0.2) is 16.6 Å². The zero-order chi connectivity index (χ0) is 19.4. The Morgan fingerprint density at radius 2 is 2.11 bits per heavy atom. The van der Waals surface area contributed by atoms with Gasteiger partial charge in [-0.15, -0.1) is 11.3 Å². The topological polar surface area (TPSA) is 63.9 Å². The Bertz CT molecular complexity index is 941. The second kappa shape index (κ2) is 8.26. The molecule has 1 amide bonds. The summed E-state index contributed by atoms with van der Waals surface area (Å²) < 4.78 is 33.0. The number of amides is 1. The molecule has 3 rings (SSSR count). The van der Waals surface area contributed by atoms with Crippen LogP contribution in [0.1, 0.15) is 17.7 Å². The summed E-state index contributed by atoms with van der Waals surface area (Å²) in [6, 6.07) is 3.46. The number of imidazole rings is 1. The van der Waals surface area contributed by atoms with E-state index in [1.165, 1.54) is 29.4 Å². The lowest BCUT2D eigenvalue weighted by Gasteiger charge is -2.22. The SMILES string of the molecule is COC(=O)CCN(Cc1ccc(F)c(F)c1)C(=O)Cc1cn2ccsc2n1. The summed E-state index contributed by atoms with van der Waals surface area (Å²) in [4.78, 5) is 30.7. The Hall–Kier alpha value is -2.81. The first-order chi connectivity index (χ1) is 13.0. The molecule has 9 heteroatoms. The van der Waals surface area contributed by atoms with Gasteiger partial charge in [0.2, 0.25) is 5.91 Å². The molecule has 1 aromatic carbocycles.